The molecule has 4 heterocycles. The highest BCUT2D eigenvalue weighted by molar-refractivity contribution is 6.03. The molecule has 1 atom stereocenters. The van der Waals surface area contributed by atoms with Crippen molar-refractivity contribution in [3.8, 4) is 34.1 Å². The van der Waals surface area contributed by atoms with Crippen LogP contribution < -0.4 is 19.7 Å². The number of fused-ring (bicyclic) bond motifs is 8. The van der Waals surface area contributed by atoms with Gasteiger partial charge in [0, 0.05) is 16.5 Å². The van der Waals surface area contributed by atoms with Crippen LogP contribution in [0.1, 0.15) is 29.9 Å². The van der Waals surface area contributed by atoms with Gasteiger partial charge in [-0.05, 0) is 88.5 Å². The van der Waals surface area contributed by atoms with E-state index in [2.05, 4.69) is 138 Å². The molecular formula is C46H30N2O3. The van der Waals surface area contributed by atoms with E-state index in [9.17, 15) is 0 Å². The first-order valence-electron chi connectivity index (χ1n) is 17.3. The summed E-state index contributed by atoms with van der Waals surface area (Å²) in [5.74, 6) is 4.07. The molecule has 5 nitrogen and oxygen atoms in total. The highest BCUT2D eigenvalue weighted by atomic mass is 16.5. The lowest BCUT2D eigenvalue weighted by Gasteiger charge is -2.38. The minimum absolute atomic E-state index is 0.0724. The van der Waals surface area contributed by atoms with Crippen molar-refractivity contribution in [1.29, 1.82) is 0 Å². The molecule has 7 aromatic carbocycles. The van der Waals surface area contributed by atoms with Gasteiger partial charge in [-0.25, -0.2) is 0 Å². The van der Waals surface area contributed by atoms with Gasteiger partial charge in [-0.3, -0.25) is 4.90 Å². The zero-order valence-corrected chi connectivity index (χ0v) is 27.7. The fourth-order valence-electron chi connectivity index (χ4n) is 8.11. The lowest BCUT2D eigenvalue weighted by molar-refractivity contribution is 0.447. The number of furan rings is 1. The smallest absolute Gasteiger partial charge is 0.159 e. The molecule has 11 rings (SSSR count). The Morgan fingerprint density at radius 1 is 0.588 bits per heavy atom. The van der Waals surface area contributed by atoms with E-state index in [-0.39, 0.29) is 6.04 Å². The Bertz CT molecular complexity index is 2760. The van der Waals surface area contributed by atoms with E-state index in [1.54, 1.807) is 0 Å². The molecule has 3 aliphatic heterocycles. The Morgan fingerprint density at radius 3 is 2.20 bits per heavy atom. The van der Waals surface area contributed by atoms with E-state index in [4.69, 9.17) is 13.9 Å². The Balaban J connectivity index is 1.06. The lowest BCUT2D eigenvalue weighted by atomic mass is 9.86. The van der Waals surface area contributed by atoms with Crippen molar-refractivity contribution in [3.63, 3.8) is 0 Å². The van der Waals surface area contributed by atoms with E-state index in [1.165, 1.54) is 5.57 Å². The van der Waals surface area contributed by atoms with Crippen molar-refractivity contribution >= 4 is 50.1 Å². The lowest BCUT2D eigenvalue weighted by Crippen LogP contribution is -2.20. The molecule has 0 saturated carbocycles. The summed E-state index contributed by atoms with van der Waals surface area (Å²) in [7, 11) is 0. The van der Waals surface area contributed by atoms with Crippen LogP contribution in [0.5, 0.6) is 23.0 Å². The van der Waals surface area contributed by atoms with Gasteiger partial charge in [0.15, 0.2) is 28.8 Å². The minimum atomic E-state index is -0.0724. The molecule has 8 aromatic rings. The summed E-state index contributed by atoms with van der Waals surface area (Å²) < 4.78 is 19.8. The monoisotopic (exact) mass is 658 g/mol. The number of ether oxygens (including phenoxy) is 2. The Morgan fingerprint density at radius 2 is 1.31 bits per heavy atom. The second-order valence-corrected chi connectivity index (χ2v) is 13.4. The molecular weight excluding hydrogens is 629 g/mol. The number of nitrogens with one attached hydrogen (secondary N) is 1. The van der Waals surface area contributed by atoms with Crippen molar-refractivity contribution < 1.29 is 13.9 Å². The molecule has 0 amide bonds. The van der Waals surface area contributed by atoms with Gasteiger partial charge in [-0.2, -0.15) is 0 Å². The van der Waals surface area contributed by atoms with Crippen LogP contribution >= 0.6 is 0 Å². The van der Waals surface area contributed by atoms with Crippen molar-refractivity contribution in [1.82, 2.24) is 0 Å². The summed E-state index contributed by atoms with van der Waals surface area (Å²) in [6.07, 6.45) is 0. The highest BCUT2D eigenvalue weighted by Crippen LogP contribution is 2.61. The van der Waals surface area contributed by atoms with E-state index in [0.717, 1.165) is 101 Å². The number of nitrogens with zero attached hydrogens (tertiary/aromatic N) is 1. The zero-order chi connectivity index (χ0) is 33.6. The van der Waals surface area contributed by atoms with Gasteiger partial charge in [0.1, 0.15) is 11.3 Å². The number of para-hydroxylation sites is 3. The van der Waals surface area contributed by atoms with Crippen LogP contribution in [0.4, 0.5) is 22.7 Å². The maximum Gasteiger partial charge on any atom is 0.159 e. The van der Waals surface area contributed by atoms with E-state index in [1.807, 2.05) is 30.3 Å². The van der Waals surface area contributed by atoms with Gasteiger partial charge < -0.3 is 19.2 Å². The van der Waals surface area contributed by atoms with E-state index < -0.39 is 0 Å². The van der Waals surface area contributed by atoms with Crippen LogP contribution in [0.3, 0.4) is 0 Å². The number of hydrogen-bond donors (Lipinski definition) is 1. The third-order valence-electron chi connectivity index (χ3n) is 10.5. The predicted octanol–water partition coefficient (Wildman–Crippen LogP) is 12.9. The normalized spacial score (nSPS) is 15.3. The van der Waals surface area contributed by atoms with Crippen molar-refractivity contribution in [3.05, 3.63) is 174 Å². The molecule has 0 spiro atoms. The summed E-state index contributed by atoms with van der Waals surface area (Å²) in [6.45, 7) is 2.21. The van der Waals surface area contributed by atoms with Gasteiger partial charge in [-0.1, -0.05) is 103 Å². The number of hydrogen-bond acceptors (Lipinski definition) is 5. The largest absolute Gasteiger partial charge is 0.454 e. The molecule has 1 N–H and O–H groups in total. The highest BCUT2D eigenvalue weighted by Gasteiger charge is 2.36. The molecule has 1 unspecified atom stereocenters. The Hall–Kier alpha value is -6.72. The van der Waals surface area contributed by atoms with Gasteiger partial charge in [-0.15, -0.1) is 0 Å². The average Bonchev–Trinajstić information content (AvgIpc) is 3.55. The standard InChI is InChI=1S/C46H30N2O3/c1-27-41(28-12-3-2-4-13-28)46-43(34-18-7-8-21-37(34)50-46)47-42(27)32-17-9-16-31(24-32)33-19-10-20-35-45(33)51-39-23-11-22-38-44(39)48(35)36-25-29-14-5-6-15-30(29)26-40(36)49-38/h2-26,42,47H,1H3. The zero-order valence-electron chi connectivity index (χ0n) is 27.7. The molecule has 242 valence electrons. The predicted molar refractivity (Wildman–Crippen MR) is 205 cm³/mol. The summed E-state index contributed by atoms with van der Waals surface area (Å²) in [6, 6.07) is 52.8. The quantitative estimate of drug-likeness (QED) is 0.205. The van der Waals surface area contributed by atoms with E-state index in [0.29, 0.717) is 0 Å². The van der Waals surface area contributed by atoms with Crippen LogP contribution in [-0.2, 0) is 0 Å². The molecule has 1 aromatic heterocycles. The van der Waals surface area contributed by atoms with Crippen LogP contribution in [-0.4, -0.2) is 0 Å². The average molecular weight is 659 g/mol. The molecule has 51 heavy (non-hydrogen) atoms. The second-order valence-electron chi connectivity index (χ2n) is 13.4. The molecule has 0 fully saturated rings. The van der Waals surface area contributed by atoms with Crippen LogP contribution in [0.2, 0.25) is 0 Å². The molecule has 3 aliphatic rings. The van der Waals surface area contributed by atoms with Crippen LogP contribution in [0, 0.1) is 0 Å². The second kappa shape index (κ2) is 10.6. The molecule has 0 bridgehead atoms. The third kappa shape index (κ3) is 4.15. The van der Waals surface area contributed by atoms with Crippen LogP contribution in [0.15, 0.2) is 162 Å². The Kier molecular flexibility index (Phi) is 5.87. The first-order valence-corrected chi connectivity index (χ1v) is 17.3. The van der Waals surface area contributed by atoms with Gasteiger partial charge in [0.05, 0.1) is 23.1 Å². The summed E-state index contributed by atoms with van der Waals surface area (Å²) >= 11 is 0. The van der Waals surface area contributed by atoms with Crippen LogP contribution in [0.25, 0.3) is 38.4 Å². The first kappa shape index (κ1) is 28.2. The first-order chi connectivity index (χ1) is 25.2. The minimum Gasteiger partial charge on any atom is -0.454 e. The SMILES string of the molecule is CC1=C(c2ccccc2)c2oc3ccccc3c2NC1c1cccc(-c2cccc3c2Oc2cccc4c2N3c2cc3ccccc3cc2O4)c1. The molecule has 0 saturated heterocycles. The van der Waals surface area contributed by atoms with E-state index >= 15 is 0 Å². The van der Waals surface area contributed by atoms with Crippen molar-refractivity contribution in [2.45, 2.75) is 13.0 Å². The molecule has 5 heteroatoms. The Labute approximate surface area is 294 Å². The summed E-state index contributed by atoms with van der Waals surface area (Å²) in [5.41, 5.74) is 11.5. The third-order valence-corrected chi connectivity index (χ3v) is 10.5. The summed E-state index contributed by atoms with van der Waals surface area (Å²) in [4.78, 5) is 2.30. The number of anilines is 4. The fourth-order valence-corrected chi connectivity index (χ4v) is 8.11. The number of rotatable bonds is 3. The maximum absolute atomic E-state index is 6.82. The number of benzene rings is 7. The summed E-state index contributed by atoms with van der Waals surface area (Å²) in [5, 5.41) is 7.27. The topological polar surface area (TPSA) is 46.9 Å². The molecule has 0 aliphatic carbocycles. The van der Waals surface area contributed by atoms with Crippen molar-refractivity contribution in [2.75, 3.05) is 10.2 Å². The van der Waals surface area contributed by atoms with Gasteiger partial charge in [0.25, 0.3) is 0 Å². The maximum atomic E-state index is 6.82. The van der Waals surface area contributed by atoms with Gasteiger partial charge in [0.2, 0.25) is 0 Å². The molecule has 0 radical (unpaired) electrons. The fraction of sp³-hybridized carbons (Fsp3) is 0.0435. The van der Waals surface area contributed by atoms with Gasteiger partial charge >= 0.3 is 0 Å². The van der Waals surface area contributed by atoms with Crippen molar-refractivity contribution in [2.24, 2.45) is 0 Å².